The fraction of sp³-hybridized carbons (Fsp3) is 0.765. The van der Waals surface area contributed by atoms with Gasteiger partial charge in [-0.25, -0.2) is 0 Å². The number of carbonyl (C=O) groups is 4. The number of nitroso groups, excluding NO2 is 4. The van der Waals surface area contributed by atoms with Crippen molar-refractivity contribution in [1.29, 1.82) is 0 Å². The summed E-state index contributed by atoms with van der Waals surface area (Å²) >= 11 is 0. The zero-order valence-corrected chi connectivity index (χ0v) is 17.7. The molecule has 0 heterocycles. The van der Waals surface area contributed by atoms with Gasteiger partial charge < -0.3 is 18.9 Å². The monoisotopic (exact) mass is 476 g/mol. The predicted octanol–water partition coefficient (Wildman–Crippen LogP) is 0.772. The first kappa shape index (κ1) is 29.9. The third kappa shape index (κ3) is 15.4. The predicted molar refractivity (Wildman–Crippen MR) is 107 cm³/mol. The Bertz CT molecular complexity index is 582. The molecule has 0 radical (unpaired) electrons. The first-order chi connectivity index (χ1) is 15.8. The number of rotatable bonds is 20. The van der Waals surface area contributed by atoms with Crippen molar-refractivity contribution in [3.05, 3.63) is 19.6 Å². The maximum absolute atomic E-state index is 11.0. The second-order valence-electron chi connectivity index (χ2n) is 6.65. The molecule has 0 aliphatic carbocycles. The normalized spacial score (nSPS) is 10.9. The first-order valence-corrected chi connectivity index (χ1v) is 9.58. The van der Waals surface area contributed by atoms with Crippen molar-refractivity contribution in [1.82, 2.24) is 0 Å². The molecule has 0 aromatic rings. The van der Waals surface area contributed by atoms with Gasteiger partial charge in [-0.3, -0.25) is 19.2 Å². The van der Waals surface area contributed by atoms with Crippen LogP contribution in [0.25, 0.3) is 0 Å². The van der Waals surface area contributed by atoms with E-state index in [0.717, 1.165) is 0 Å². The highest BCUT2D eigenvalue weighted by molar-refractivity contribution is 5.77. The molecular weight excluding hydrogens is 452 g/mol. The minimum absolute atomic E-state index is 0.168. The molecular formula is C17H24N4O12. The average molecular weight is 476 g/mol. The van der Waals surface area contributed by atoms with Gasteiger partial charge in [-0.1, -0.05) is 0 Å². The van der Waals surface area contributed by atoms with Crippen LogP contribution in [0.5, 0.6) is 0 Å². The second kappa shape index (κ2) is 18.5. The van der Waals surface area contributed by atoms with Crippen molar-refractivity contribution in [3.63, 3.8) is 0 Å². The van der Waals surface area contributed by atoms with Gasteiger partial charge >= 0.3 is 0 Å². The molecule has 0 rings (SSSR count). The fourth-order valence-corrected chi connectivity index (χ4v) is 2.23. The maximum Gasteiger partial charge on any atom is 0.288 e. The first-order valence-electron chi connectivity index (χ1n) is 9.58. The van der Waals surface area contributed by atoms with Gasteiger partial charge in [0.15, 0.2) is 0 Å². The van der Waals surface area contributed by atoms with Crippen LogP contribution in [0, 0.1) is 25.0 Å². The van der Waals surface area contributed by atoms with Crippen molar-refractivity contribution < 1.29 is 38.1 Å². The van der Waals surface area contributed by atoms with Gasteiger partial charge in [0, 0.05) is 20.7 Å². The van der Waals surface area contributed by atoms with Gasteiger partial charge in [-0.15, -0.1) is 19.6 Å². The minimum Gasteiger partial charge on any atom is -0.380 e. The number of hydrogen-bond acceptors (Lipinski definition) is 12. The van der Waals surface area contributed by atoms with Crippen LogP contribution in [0.1, 0.15) is 25.7 Å². The largest absolute Gasteiger partial charge is 0.380 e. The summed E-state index contributed by atoms with van der Waals surface area (Å²) in [6.45, 7) is -1.39. The van der Waals surface area contributed by atoms with Crippen molar-refractivity contribution in [2.24, 2.45) is 26.1 Å². The molecule has 16 nitrogen and oxygen atoms in total. The van der Waals surface area contributed by atoms with Gasteiger partial charge in [0.25, 0.3) is 23.6 Å². The summed E-state index contributed by atoms with van der Waals surface area (Å²) in [5, 5.41) is 8.94. The summed E-state index contributed by atoms with van der Waals surface area (Å²) in [6.07, 6.45) is -1.16. The van der Waals surface area contributed by atoms with Gasteiger partial charge in [0.05, 0.1) is 84.0 Å². The van der Waals surface area contributed by atoms with Gasteiger partial charge in [-0.05, 0) is 0 Å². The quantitative estimate of drug-likeness (QED) is 0.175. The van der Waals surface area contributed by atoms with Crippen LogP contribution >= 0.6 is 0 Å². The Morgan fingerprint density at radius 1 is 0.455 bits per heavy atom. The van der Waals surface area contributed by atoms with E-state index in [-0.39, 0.29) is 78.5 Å². The lowest BCUT2D eigenvalue weighted by Crippen LogP contribution is -2.42. The molecule has 0 spiro atoms. The van der Waals surface area contributed by atoms with Crippen molar-refractivity contribution in [2.45, 2.75) is 25.7 Å². The molecule has 0 saturated carbocycles. The Hall–Kier alpha value is -3.08. The SMILES string of the molecule is O=NC(=O)CCOCC(COCCC(=O)N=O)(COCCC(=O)N=O)COCCC(=O)N=O. The number of ether oxygens (including phenoxy) is 4. The van der Waals surface area contributed by atoms with Crippen LogP contribution in [0.4, 0.5) is 0 Å². The van der Waals surface area contributed by atoms with Crippen LogP contribution in [-0.2, 0) is 38.1 Å². The second-order valence-corrected chi connectivity index (χ2v) is 6.65. The van der Waals surface area contributed by atoms with Gasteiger partial charge in [-0.2, -0.15) is 0 Å². The van der Waals surface area contributed by atoms with E-state index in [2.05, 4.69) is 20.7 Å². The molecule has 0 aromatic heterocycles. The molecule has 184 valence electrons. The highest BCUT2D eigenvalue weighted by Gasteiger charge is 2.33. The van der Waals surface area contributed by atoms with Crippen molar-refractivity contribution in [2.75, 3.05) is 52.9 Å². The number of nitrogens with zero attached hydrogens (tertiary/aromatic N) is 4. The molecule has 0 atom stereocenters. The summed E-state index contributed by atoms with van der Waals surface area (Å²) in [5.41, 5.74) is -1.12. The zero-order valence-electron chi connectivity index (χ0n) is 17.7. The third-order valence-electron chi connectivity index (χ3n) is 3.88. The fourth-order valence-electron chi connectivity index (χ4n) is 2.23. The summed E-state index contributed by atoms with van der Waals surface area (Å²) in [5.74, 6) is -3.71. The molecule has 16 heteroatoms. The van der Waals surface area contributed by atoms with Crippen molar-refractivity contribution >= 4 is 23.6 Å². The lowest BCUT2D eigenvalue weighted by atomic mass is 9.92. The zero-order chi connectivity index (χ0) is 25.0. The van der Waals surface area contributed by atoms with E-state index in [0.29, 0.717) is 0 Å². The highest BCUT2D eigenvalue weighted by atomic mass is 16.5. The summed E-state index contributed by atoms with van der Waals surface area (Å²) in [6, 6.07) is 0. The Morgan fingerprint density at radius 3 is 0.848 bits per heavy atom. The lowest BCUT2D eigenvalue weighted by Gasteiger charge is -2.33. The van der Waals surface area contributed by atoms with Crippen LogP contribution in [0.3, 0.4) is 0 Å². The van der Waals surface area contributed by atoms with Gasteiger partial charge in [0.1, 0.15) is 0 Å². The van der Waals surface area contributed by atoms with E-state index in [1.54, 1.807) is 0 Å². The van der Waals surface area contributed by atoms with E-state index in [1.807, 2.05) is 0 Å². The Morgan fingerprint density at radius 2 is 0.667 bits per heavy atom. The number of hydrogen-bond donors (Lipinski definition) is 0. The molecule has 0 saturated heterocycles. The molecule has 0 bridgehead atoms. The summed E-state index contributed by atoms with van der Waals surface area (Å²) in [7, 11) is 0. The van der Waals surface area contributed by atoms with Crippen LogP contribution in [0.15, 0.2) is 20.7 Å². The van der Waals surface area contributed by atoms with Gasteiger partial charge in [0.2, 0.25) is 0 Å². The van der Waals surface area contributed by atoms with E-state index >= 15 is 0 Å². The smallest absolute Gasteiger partial charge is 0.288 e. The molecule has 0 aromatic carbocycles. The van der Waals surface area contributed by atoms with E-state index in [4.69, 9.17) is 18.9 Å². The van der Waals surface area contributed by atoms with Crippen LogP contribution in [-0.4, -0.2) is 76.5 Å². The molecule has 0 aliphatic rings. The number of carbonyl (C=O) groups excluding carboxylic acids is 4. The Kier molecular flexibility index (Phi) is 16.8. The molecule has 33 heavy (non-hydrogen) atoms. The summed E-state index contributed by atoms with van der Waals surface area (Å²) in [4.78, 5) is 84.7. The standard InChI is InChI=1S/C17H24N4O12/c22-13(18-26)1-5-30-9-17(10-31-6-2-14(23)19-27,11-32-7-3-15(24)20-28)12-33-8-4-16(25)21-29/h1-12H2. The van der Waals surface area contributed by atoms with Crippen LogP contribution in [0.2, 0.25) is 0 Å². The Labute approximate surface area is 186 Å². The molecule has 0 unspecified atom stereocenters. The highest BCUT2D eigenvalue weighted by Crippen LogP contribution is 2.21. The lowest BCUT2D eigenvalue weighted by molar-refractivity contribution is -0.126. The van der Waals surface area contributed by atoms with Crippen LogP contribution < -0.4 is 0 Å². The maximum atomic E-state index is 11.0. The molecule has 0 fully saturated rings. The van der Waals surface area contributed by atoms with E-state index in [9.17, 15) is 38.8 Å². The third-order valence-corrected chi connectivity index (χ3v) is 3.88. The number of amides is 4. The van der Waals surface area contributed by atoms with Crippen molar-refractivity contribution in [3.8, 4) is 0 Å². The summed E-state index contributed by atoms with van der Waals surface area (Å²) < 4.78 is 21.6. The molecule has 4 amide bonds. The van der Waals surface area contributed by atoms with E-state index in [1.165, 1.54) is 0 Å². The minimum atomic E-state index is -1.12. The Balaban J connectivity index is 5.15. The van der Waals surface area contributed by atoms with E-state index < -0.39 is 29.0 Å². The molecule has 0 N–H and O–H groups in total. The average Bonchev–Trinajstić information content (AvgIpc) is 2.83. The molecule has 0 aliphatic heterocycles. The topological polar surface area (TPSA) is 223 Å².